The fraction of sp³-hybridized carbons (Fsp3) is 0.200. The monoisotopic (exact) mass is 227 g/mol. The summed E-state index contributed by atoms with van der Waals surface area (Å²) in [6, 6.07) is 3.98. The van der Waals surface area contributed by atoms with Crippen LogP contribution in [0.4, 0.5) is 0 Å². The van der Waals surface area contributed by atoms with Crippen LogP contribution in [0.3, 0.4) is 0 Å². The number of phenolic OH excluding ortho intramolecular Hbond substituents is 1. The van der Waals surface area contributed by atoms with E-state index in [1.54, 1.807) is 0 Å². The molecule has 17 heavy (non-hydrogen) atoms. The fourth-order valence-corrected chi connectivity index (χ4v) is 2.13. The summed E-state index contributed by atoms with van der Waals surface area (Å²) in [5.74, 6) is 0.345. The number of phenols is 1. The minimum absolute atomic E-state index is 0.345. The van der Waals surface area contributed by atoms with Crippen molar-refractivity contribution in [2.75, 3.05) is 7.05 Å². The van der Waals surface area contributed by atoms with Crippen LogP contribution in [0.5, 0.6) is 5.75 Å². The Balaban J connectivity index is 2.67. The molecule has 0 spiro atoms. The van der Waals surface area contributed by atoms with Crippen molar-refractivity contribution in [3.63, 3.8) is 0 Å². The van der Waals surface area contributed by atoms with Crippen LogP contribution in [0.2, 0.25) is 0 Å². The Morgan fingerprint density at radius 2 is 2.12 bits per heavy atom. The topological polar surface area (TPSA) is 32.3 Å². The number of likely N-dealkylation sites (N-methyl/N-ethyl adjacent to an activating group) is 1. The van der Waals surface area contributed by atoms with Gasteiger partial charge < -0.3 is 10.4 Å². The molecule has 1 aromatic rings. The molecule has 88 valence electrons. The van der Waals surface area contributed by atoms with Gasteiger partial charge in [0.25, 0.3) is 0 Å². The number of hydrogen-bond acceptors (Lipinski definition) is 2. The molecule has 0 unspecified atom stereocenters. The van der Waals surface area contributed by atoms with Crippen molar-refractivity contribution in [3.05, 3.63) is 59.3 Å². The van der Waals surface area contributed by atoms with Crippen molar-refractivity contribution in [1.29, 1.82) is 0 Å². The number of aromatic hydroxyl groups is 1. The molecule has 0 atom stereocenters. The molecule has 0 aliphatic heterocycles. The Morgan fingerprint density at radius 1 is 1.41 bits per heavy atom. The first-order chi connectivity index (χ1) is 8.04. The van der Waals surface area contributed by atoms with Gasteiger partial charge in [0.15, 0.2) is 0 Å². The maximum absolute atomic E-state index is 10.2. The summed E-state index contributed by atoms with van der Waals surface area (Å²) in [5.41, 5.74) is 5.63. The average Bonchev–Trinajstić information content (AvgIpc) is 2.32. The molecule has 0 saturated carbocycles. The second-order valence-electron chi connectivity index (χ2n) is 4.39. The van der Waals surface area contributed by atoms with Gasteiger partial charge >= 0.3 is 0 Å². The van der Waals surface area contributed by atoms with E-state index in [-0.39, 0.29) is 0 Å². The molecule has 0 heterocycles. The van der Waals surface area contributed by atoms with Gasteiger partial charge in [-0.1, -0.05) is 30.9 Å². The summed E-state index contributed by atoms with van der Waals surface area (Å²) in [7, 11) is 1.83. The highest BCUT2D eigenvalue weighted by molar-refractivity contribution is 5.87. The van der Waals surface area contributed by atoms with Crippen molar-refractivity contribution in [2.45, 2.75) is 13.3 Å². The molecule has 0 saturated heterocycles. The second-order valence-corrected chi connectivity index (χ2v) is 4.39. The molecule has 0 bridgehead atoms. The first-order valence-electron chi connectivity index (χ1n) is 5.63. The van der Waals surface area contributed by atoms with Crippen LogP contribution in [0, 0.1) is 6.92 Å². The smallest absolute Gasteiger partial charge is 0.126 e. The number of fused-ring (bicyclic) bond motifs is 1. The highest BCUT2D eigenvalue weighted by Gasteiger charge is 2.20. The second kappa shape index (κ2) is 4.13. The van der Waals surface area contributed by atoms with E-state index in [0.717, 1.165) is 40.0 Å². The number of aryl methyl sites for hydroxylation is 1. The van der Waals surface area contributed by atoms with E-state index in [1.165, 1.54) is 0 Å². The normalized spacial score (nSPS) is 14.0. The van der Waals surface area contributed by atoms with Crippen LogP contribution in [-0.2, 0) is 6.42 Å². The van der Waals surface area contributed by atoms with Crippen molar-refractivity contribution in [2.24, 2.45) is 0 Å². The van der Waals surface area contributed by atoms with Crippen LogP contribution < -0.4 is 5.32 Å². The van der Waals surface area contributed by atoms with E-state index in [9.17, 15) is 5.11 Å². The number of allylic oxidation sites excluding steroid dienone is 3. The van der Waals surface area contributed by atoms with Gasteiger partial charge in [-0.2, -0.15) is 0 Å². The summed E-state index contributed by atoms with van der Waals surface area (Å²) >= 11 is 0. The summed E-state index contributed by atoms with van der Waals surface area (Å²) in [6.45, 7) is 9.88. The molecule has 1 aliphatic rings. The van der Waals surface area contributed by atoms with Gasteiger partial charge in [-0.15, -0.1) is 0 Å². The van der Waals surface area contributed by atoms with Crippen LogP contribution in [0.1, 0.15) is 16.7 Å². The molecular formula is C15H17NO. The van der Waals surface area contributed by atoms with E-state index >= 15 is 0 Å². The summed E-state index contributed by atoms with van der Waals surface area (Å²) in [5, 5.41) is 13.2. The highest BCUT2D eigenvalue weighted by atomic mass is 16.3. The van der Waals surface area contributed by atoms with Gasteiger partial charge in [0.2, 0.25) is 0 Å². The molecule has 0 radical (unpaired) electrons. The summed E-state index contributed by atoms with van der Waals surface area (Å²) in [6.07, 6.45) is 2.77. The van der Waals surface area contributed by atoms with Crippen molar-refractivity contribution < 1.29 is 5.11 Å². The third-order valence-electron chi connectivity index (χ3n) is 3.13. The van der Waals surface area contributed by atoms with E-state index in [1.807, 2.05) is 32.2 Å². The number of nitrogens with one attached hydrogen (secondary N) is 1. The summed E-state index contributed by atoms with van der Waals surface area (Å²) in [4.78, 5) is 0. The molecule has 2 N–H and O–H groups in total. The lowest BCUT2D eigenvalue weighted by molar-refractivity contribution is 0.468. The van der Waals surface area contributed by atoms with Gasteiger partial charge in [-0.3, -0.25) is 0 Å². The maximum Gasteiger partial charge on any atom is 0.126 e. The maximum atomic E-state index is 10.2. The highest BCUT2D eigenvalue weighted by Crippen LogP contribution is 2.39. The quantitative estimate of drug-likeness (QED) is 0.814. The van der Waals surface area contributed by atoms with Crippen molar-refractivity contribution >= 4 is 5.57 Å². The number of rotatable bonds is 2. The Morgan fingerprint density at radius 3 is 2.76 bits per heavy atom. The predicted octanol–water partition coefficient (Wildman–Crippen LogP) is 2.93. The molecule has 0 aromatic heterocycles. The van der Waals surface area contributed by atoms with E-state index < -0.39 is 0 Å². The largest absolute Gasteiger partial charge is 0.507 e. The Kier molecular flexibility index (Phi) is 2.80. The SMILES string of the molecule is C=C1C=C(C(=C)NC)c2c(ccc(C)c2O)C1. The molecule has 1 aromatic carbocycles. The van der Waals surface area contributed by atoms with Crippen LogP contribution in [0.15, 0.2) is 42.6 Å². The van der Waals surface area contributed by atoms with Gasteiger partial charge in [0.05, 0.1) is 0 Å². The average molecular weight is 227 g/mol. The molecule has 2 heteroatoms. The standard InChI is InChI=1S/C15H17NO/c1-9-7-12-6-5-10(2)15(17)14(12)13(8-9)11(3)16-4/h5-6,8,16-17H,1,3,7H2,2,4H3. The van der Waals surface area contributed by atoms with E-state index in [0.29, 0.717) is 5.75 Å². The Bertz CT molecular complexity index is 538. The number of benzene rings is 1. The molecular weight excluding hydrogens is 210 g/mol. The van der Waals surface area contributed by atoms with Crippen molar-refractivity contribution in [3.8, 4) is 5.75 Å². The zero-order chi connectivity index (χ0) is 12.6. The molecule has 1 aliphatic carbocycles. The minimum atomic E-state index is 0.345. The zero-order valence-electron chi connectivity index (χ0n) is 10.3. The predicted molar refractivity (Wildman–Crippen MR) is 71.9 cm³/mol. The molecule has 2 nitrogen and oxygen atoms in total. The van der Waals surface area contributed by atoms with Crippen LogP contribution >= 0.6 is 0 Å². The lowest BCUT2D eigenvalue weighted by Crippen LogP contribution is -2.11. The third-order valence-corrected chi connectivity index (χ3v) is 3.13. The molecule has 2 rings (SSSR count). The first-order valence-corrected chi connectivity index (χ1v) is 5.63. The minimum Gasteiger partial charge on any atom is -0.507 e. The molecule has 0 fully saturated rings. The van der Waals surface area contributed by atoms with Gasteiger partial charge in [0, 0.05) is 23.9 Å². The molecule has 0 amide bonds. The van der Waals surface area contributed by atoms with Crippen molar-refractivity contribution in [1.82, 2.24) is 5.32 Å². The van der Waals surface area contributed by atoms with Gasteiger partial charge in [-0.25, -0.2) is 0 Å². The fourth-order valence-electron chi connectivity index (χ4n) is 2.13. The Labute approximate surface area is 102 Å². The van der Waals surface area contributed by atoms with Crippen LogP contribution in [0.25, 0.3) is 5.57 Å². The van der Waals surface area contributed by atoms with Gasteiger partial charge in [0.1, 0.15) is 5.75 Å². The first kappa shape index (κ1) is 11.5. The van der Waals surface area contributed by atoms with E-state index in [2.05, 4.69) is 18.5 Å². The lowest BCUT2D eigenvalue weighted by atomic mass is 9.85. The third kappa shape index (κ3) is 1.86. The Hall–Kier alpha value is -1.96. The lowest BCUT2D eigenvalue weighted by Gasteiger charge is -2.22. The zero-order valence-corrected chi connectivity index (χ0v) is 10.3. The summed E-state index contributed by atoms with van der Waals surface area (Å²) < 4.78 is 0. The van der Waals surface area contributed by atoms with E-state index in [4.69, 9.17) is 0 Å². The van der Waals surface area contributed by atoms with Crippen LogP contribution in [-0.4, -0.2) is 12.2 Å². The van der Waals surface area contributed by atoms with Gasteiger partial charge in [-0.05, 0) is 30.5 Å². The number of hydrogen-bond donors (Lipinski definition) is 2.